The summed E-state index contributed by atoms with van der Waals surface area (Å²) in [6.07, 6.45) is 0.696. The molecule has 1 fully saturated rings. The third kappa shape index (κ3) is 3.93. The number of sulfonamides is 1. The molecule has 1 N–H and O–H groups in total. The quantitative estimate of drug-likeness (QED) is 0.864. The number of rotatable bonds is 6. The molecule has 1 aromatic rings. The standard InChI is InChI=1S/C14H21FN2O3S/c1-11(12-4-5-14(20-2)13(15)10-12)16-6-8-17-7-3-9-21(17,18)19/h4-5,10-11,16H,3,6-9H2,1-2H3/t11-/m1/s1. The van der Waals surface area contributed by atoms with Crippen LogP contribution in [-0.2, 0) is 10.0 Å². The predicted molar refractivity (Wildman–Crippen MR) is 79.3 cm³/mol. The monoisotopic (exact) mass is 316 g/mol. The van der Waals surface area contributed by atoms with Gasteiger partial charge in [-0.05, 0) is 31.0 Å². The summed E-state index contributed by atoms with van der Waals surface area (Å²) in [5.41, 5.74) is 0.803. The van der Waals surface area contributed by atoms with Crippen molar-refractivity contribution < 1.29 is 17.5 Å². The van der Waals surface area contributed by atoms with E-state index in [1.165, 1.54) is 17.5 Å². The fourth-order valence-corrected chi connectivity index (χ4v) is 3.95. The molecule has 1 aliphatic heterocycles. The lowest BCUT2D eigenvalue weighted by Crippen LogP contribution is -2.34. The molecule has 0 radical (unpaired) electrons. The molecule has 118 valence electrons. The van der Waals surface area contributed by atoms with Crippen molar-refractivity contribution in [3.63, 3.8) is 0 Å². The maximum Gasteiger partial charge on any atom is 0.214 e. The number of benzene rings is 1. The van der Waals surface area contributed by atoms with E-state index >= 15 is 0 Å². The highest BCUT2D eigenvalue weighted by molar-refractivity contribution is 7.89. The first kappa shape index (κ1) is 16.2. The van der Waals surface area contributed by atoms with Gasteiger partial charge in [-0.15, -0.1) is 0 Å². The highest BCUT2D eigenvalue weighted by Crippen LogP contribution is 2.21. The van der Waals surface area contributed by atoms with E-state index in [9.17, 15) is 12.8 Å². The number of nitrogens with one attached hydrogen (secondary N) is 1. The first-order valence-corrected chi connectivity index (χ1v) is 8.59. The Balaban J connectivity index is 1.87. The summed E-state index contributed by atoms with van der Waals surface area (Å²) in [4.78, 5) is 0. The minimum atomic E-state index is -3.05. The largest absolute Gasteiger partial charge is 0.494 e. The molecule has 0 amide bonds. The molecule has 1 saturated heterocycles. The van der Waals surface area contributed by atoms with Crippen molar-refractivity contribution in [3.8, 4) is 5.75 Å². The zero-order valence-electron chi connectivity index (χ0n) is 12.3. The second kappa shape index (κ2) is 6.72. The van der Waals surface area contributed by atoms with E-state index in [0.717, 1.165) is 5.56 Å². The molecule has 0 saturated carbocycles. The lowest BCUT2D eigenvalue weighted by molar-refractivity contribution is 0.385. The van der Waals surface area contributed by atoms with Crippen molar-refractivity contribution >= 4 is 10.0 Å². The summed E-state index contributed by atoms with van der Waals surface area (Å²) in [5, 5.41) is 3.21. The summed E-state index contributed by atoms with van der Waals surface area (Å²) in [6, 6.07) is 4.76. The van der Waals surface area contributed by atoms with Gasteiger partial charge >= 0.3 is 0 Å². The van der Waals surface area contributed by atoms with E-state index in [4.69, 9.17) is 4.74 Å². The van der Waals surface area contributed by atoms with Gasteiger partial charge < -0.3 is 10.1 Å². The molecule has 0 aromatic heterocycles. The molecule has 1 aliphatic rings. The summed E-state index contributed by atoms with van der Waals surface area (Å²) < 4.78 is 43.3. The van der Waals surface area contributed by atoms with Gasteiger partial charge in [-0.3, -0.25) is 0 Å². The average Bonchev–Trinajstić information content (AvgIpc) is 2.77. The number of ether oxygens (including phenoxy) is 1. The first-order chi connectivity index (χ1) is 9.94. The first-order valence-electron chi connectivity index (χ1n) is 6.98. The van der Waals surface area contributed by atoms with E-state index in [-0.39, 0.29) is 17.5 Å². The number of hydrogen-bond acceptors (Lipinski definition) is 4. The molecule has 7 heteroatoms. The molecule has 0 bridgehead atoms. The number of hydrogen-bond donors (Lipinski definition) is 1. The Bertz CT molecular complexity index is 592. The Hall–Kier alpha value is -1.18. The number of nitrogens with zero attached hydrogens (tertiary/aromatic N) is 1. The van der Waals surface area contributed by atoms with Gasteiger partial charge in [0.2, 0.25) is 10.0 Å². The van der Waals surface area contributed by atoms with Crippen molar-refractivity contribution in [3.05, 3.63) is 29.6 Å². The van der Waals surface area contributed by atoms with Gasteiger partial charge in [0.15, 0.2) is 11.6 Å². The Kier molecular flexibility index (Phi) is 5.18. The Morgan fingerprint density at radius 3 is 2.81 bits per heavy atom. The molecule has 1 heterocycles. The topological polar surface area (TPSA) is 58.6 Å². The third-order valence-electron chi connectivity index (χ3n) is 3.69. The maximum absolute atomic E-state index is 13.6. The van der Waals surface area contributed by atoms with Crippen LogP contribution in [0.25, 0.3) is 0 Å². The van der Waals surface area contributed by atoms with E-state index in [2.05, 4.69) is 5.32 Å². The van der Waals surface area contributed by atoms with E-state index in [1.54, 1.807) is 12.1 Å². The van der Waals surface area contributed by atoms with Crippen molar-refractivity contribution in [2.24, 2.45) is 0 Å². The minimum Gasteiger partial charge on any atom is -0.494 e. The summed E-state index contributed by atoms with van der Waals surface area (Å²) in [6.45, 7) is 3.49. The highest BCUT2D eigenvalue weighted by Gasteiger charge is 2.27. The van der Waals surface area contributed by atoms with Crippen LogP contribution in [0, 0.1) is 5.82 Å². The van der Waals surface area contributed by atoms with Crippen molar-refractivity contribution in [1.82, 2.24) is 9.62 Å². The molecule has 5 nitrogen and oxygen atoms in total. The molecule has 0 spiro atoms. The molecule has 1 atom stereocenters. The van der Waals surface area contributed by atoms with E-state index in [0.29, 0.717) is 26.1 Å². The second-order valence-electron chi connectivity index (χ2n) is 5.14. The van der Waals surface area contributed by atoms with Crippen molar-refractivity contribution in [2.75, 3.05) is 32.5 Å². The molecule has 2 rings (SSSR count). The van der Waals surface area contributed by atoms with Gasteiger partial charge in [0.05, 0.1) is 12.9 Å². The zero-order chi connectivity index (χ0) is 15.5. The van der Waals surface area contributed by atoms with Gasteiger partial charge in [0, 0.05) is 25.7 Å². The number of methoxy groups -OCH3 is 1. The molecule has 0 aliphatic carbocycles. The zero-order valence-corrected chi connectivity index (χ0v) is 13.1. The van der Waals surface area contributed by atoms with Crippen LogP contribution in [0.5, 0.6) is 5.75 Å². The van der Waals surface area contributed by atoms with Gasteiger partial charge in [-0.1, -0.05) is 6.07 Å². The highest BCUT2D eigenvalue weighted by atomic mass is 32.2. The smallest absolute Gasteiger partial charge is 0.214 e. The van der Waals surface area contributed by atoms with Crippen LogP contribution in [0.4, 0.5) is 4.39 Å². The van der Waals surface area contributed by atoms with Gasteiger partial charge in [0.25, 0.3) is 0 Å². The summed E-state index contributed by atoms with van der Waals surface area (Å²) in [7, 11) is -1.62. The second-order valence-corrected chi connectivity index (χ2v) is 7.23. The van der Waals surface area contributed by atoms with E-state index in [1.807, 2.05) is 6.92 Å². The van der Waals surface area contributed by atoms with Crippen LogP contribution in [0.3, 0.4) is 0 Å². The lowest BCUT2D eigenvalue weighted by Gasteiger charge is -2.18. The predicted octanol–water partition coefficient (Wildman–Crippen LogP) is 1.52. The van der Waals surface area contributed by atoms with Crippen LogP contribution < -0.4 is 10.1 Å². The van der Waals surface area contributed by atoms with E-state index < -0.39 is 15.8 Å². The Morgan fingerprint density at radius 1 is 1.48 bits per heavy atom. The number of halogens is 1. The summed E-state index contributed by atoms with van der Waals surface area (Å²) in [5.74, 6) is 0.0616. The SMILES string of the molecule is COc1ccc([C@@H](C)NCCN2CCCS2(=O)=O)cc1F. The Morgan fingerprint density at radius 2 is 2.24 bits per heavy atom. The normalized spacial score (nSPS) is 19.6. The average molecular weight is 316 g/mol. The molecular weight excluding hydrogens is 295 g/mol. The van der Waals surface area contributed by atoms with Crippen molar-refractivity contribution in [2.45, 2.75) is 19.4 Å². The lowest BCUT2D eigenvalue weighted by atomic mass is 10.1. The minimum absolute atomic E-state index is 0.0595. The van der Waals surface area contributed by atoms with Crippen LogP contribution in [-0.4, -0.2) is 45.2 Å². The van der Waals surface area contributed by atoms with Gasteiger partial charge in [0.1, 0.15) is 0 Å². The summed E-state index contributed by atoms with van der Waals surface area (Å²) >= 11 is 0. The van der Waals surface area contributed by atoms with Crippen LogP contribution in [0.1, 0.15) is 24.9 Å². The molecule has 1 aromatic carbocycles. The fraction of sp³-hybridized carbons (Fsp3) is 0.571. The molecule has 0 unspecified atom stereocenters. The van der Waals surface area contributed by atoms with Gasteiger partial charge in [-0.2, -0.15) is 0 Å². The van der Waals surface area contributed by atoms with Crippen LogP contribution in [0.2, 0.25) is 0 Å². The third-order valence-corrected chi connectivity index (χ3v) is 5.65. The fourth-order valence-electron chi connectivity index (χ4n) is 2.42. The van der Waals surface area contributed by atoms with Crippen LogP contribution >= 0.6 is 0 Å². The maximum atomic E-state index is 13.6. The molecular formula is C14H21FN2O3S. The van der Waals surface area contributed by atoms with Gasteiger partial charge in [-0.25, -0.2) is 17.1 Å². The van der Waals surface area contributed by atoms with Crippen LogP contribution in [0.15, 0.2) is 18.2 Å². The van der Waals surface area contributed by atoms with Crippen molar-refractivity contribution in [1.29, 1.82) is 0 Å². The Labute approximate surface area is 125 Å². The molecule has 21 heavy (non-hydrogen) atoms.